The fourth-order valence-corrected chi connectivity index (χ4v) is 6.70. The normalized spacial score (nSPS) is 18.8. The van der Waals surface area contributed by atoms with Gasteiger partial charge in [0.05, 0.1) is 61.3 Å². The summed E-state index contributed by atoms with van der Waals surface area (Å²) in [4.78, 5) is 18.4. The largest absolute Gasteiger partial charge is 0.496 e. The van der Waals surface area contributed by atoms with Crippen molar-refractivity contribution in [2.75, 3.05) is 49.7 Å². The van der Waals surface area contributed by atoms with E-state index in [9.17, 15) is 4.79 Å². The summed E-state index contributed by atoms with van der Waals surface area (Å²) in [6.45, 7) is 4.28. The number of piperazine rings is 1. The molecule has 2 aliphatic rings. The molecule has 1 amide bonds. The maximum absolute atomic E-state index is 14.4. The second-order valence-corrected chi connectivity index (χ2v) is 10.7. The molecular weight excluding hydrogens is 548 g/mol. The predicted molar refractivity (Wildman–Crippen MR) is 165 cm³/mol. The number of likely N-dealkylation sites (N-methyl/N-ethyl adjacent to an activating group) is 1. The first kappa shape index (κ1) is 30.1. The van der Waals surface area contributed by atoms with Gasteiger partial charge in [0, 0.05) is 39.9 Å². The minimum atomic E-state index is -0.404. The molecule has 2 unspecified atom stereocenters. The van der Waals surface area contributed by atoms with Crippen molar-refractivity contribution >= 4 is 12.0 Å². The molecule has 2 aliphatic heterocycles. The molecule has 0 spiro atoms. The van der Waals surface area contributed by atoms with Crippen molar-refractivity contribution in [1.82, 2.24) is 9.80 Å². The van der Waals surface area contributed by atoms with Gasteiger partial charge in [-0.15, -0.1) is 0 Å². The first-order chi connectivity index (χ1) is 20.8. The summed E-state index contributed by atoms with van der Waals surface area (Å²) in [7, 11) is 11.8. The van der Waals surface area contributed by atoms with E-state index in [2.05, 4.69) is 4.90 Å². The average Bonchev–Trinajstić information content (AvgIpc) is 3.01. The number of carbonyl (C=O) groups excluding carboxylic acids is 1. The molecule has 3 aromatic rings. The van der Waals surface area contributed by atoms with E-state index in [-0.39, 0.29) is 11.9 Å². The Balaban J connectivity index is 1.85. The molecule has 43 heavy (non-hydrogen) atoms. The molecule has 2 bridgehead atoms. The molecule has 1 saturated heterocycles. The average molecular weight is 589 g/mol. The van der Waals surface area contributed by atoms with Gasteiger partial charge in [-0.1, -0.05) is 30.3 Å². The van der Waals surface area contributed by atoms with E-state index >= 15 is 0 Å². The van der Waals surface area contributed by atoms with Crippen molar-refractivity contribution in [2.45, 2.75) is 38.9 Å². The minimum Gasteiger partial charge on any atom is -0.496 e. The van der Waals surface area contributed by atoms with Crippen molar-refractivity contribution in [1.29, 1.82) is 0 Å². The van der Waals surface area contributed by atoms with E-state index in [1.807, 2.05) is 68.3 Å². The number of rotatable bonds is 9. The molecule has 2 heterocycles. The second-order valence-electron chi connectivity index (χ2n) is 10.7. The molecule has 1 fully saturated rings. The van der Waals surface area contributed by atoms with Crippen LogP contribution >= 0.6 is 0 Å². The van der Waals surface area contributed by atoms with Gasteiger partial charge in [0.15, 0.2) is 23.0 Å². The summed E-state index contributed by atoms with van der Waals surface area (Å²) in [5.74, 6) is 3.73. The molecule has 0 N–H and O–H groups in total. The lowest BCUT2D eigenvalue weighted by Gasteiger charge is -2.50. The SMILES string of the molecule is COc1cc(/C=C2/C3c4c(c(OC)c(C)c(OC)c4OC)CC(C(=O)N2Cc2ccccc2)N3C)c(OC)c(C)c1OC. The lowest BCUT2D eigenvalue weighted by Crippen LogP contribution is -2.58. The zero-order valence-corrected chi connectivity index (χ0v) is 26.4. The summed E-state index contributed by atoms with van der Waals surface area (Å²) in [5.41, 5.74) is 6.02. The van der Waals surface area contributed by atoms with Crippen LogP contribution in [0.25, 0.3) is 6.08 Å². The van der Waals surface area contributed by atoms with Crippen LogP contribution in [0.4, 0.5) is 0 Å². The van der Waals surface area contributed by atoms with Crippen molar-refractivity contribution in [3.05, 3.63) is 75.5 Å². The predicted octanol–water partition coefficient (Wildman–Crippen LogP) is 5.34. The van der Waals surface area contributed by atoms with Crippen LogP contribution in [0, 0.1) is 13.8 Å². The number of methoxy groups -OCH3 is 6. The molecule has 2 atom stereocenters. The zero-order valence-electron chi connectivity index (χ0n) is 26.4. The Morgan fingerprint density at radius 3 is 1.98 bits per heavy atom. The van der Waals surface area contributed by atoms with E-state index in [1.54, 1.807) is 42.7 Å². The van der Waals surface area contributed by atoms with Gasteiger partial charge in [0.25, 0.3) is 0 Å². The number of benzene rings is 3. The Bertz CT molecular complexity index is 1570. The van der Waals surface area contributed by atoms with E-state index in [1.165, 1.54) is 0 Å². The molecule has 0 aromatic heterocycles. The Morgan fingerprint density at radius 2 is 1.40 bits per heavy atom. The topological polar surface area (TPSA) is 78.9 Å². The van der Waals surface area contributed by atoms with Crippen LogP contribution in [0.1, 0.15) is 39.4 Å². The monoisotopic (exact) mass is 588 g/mol. The molecule has 0 radical (unpaired) electrons. The van der Waals surface area contributed by atoms with Crippen LogP contribution in [0.15, 0.2) is 42.1 Å². The summed E-state index contributed by atoms with van der Waals surface area (Å²) >= 11 is 0. The quantitative estimate of drug-likeness (QED) is 0.332. The van der Waals surface area contributed by atoms with Crippen molar-refractivity contribution < 1.29 is 33.2 Å². The Labute approximate surface area is 253 Å². The van der Waals surface area contributed by atoms with E-state index in [0.717, 1.165) is 39.1 Å². The number of amides is 1. The molecule has 5 rings (SSSR count). The van der Waals surface area contributed by atoms with Gasteiger partial charge in [-0.25, -0.2) is 0 Å². The Hall–Kier alpha value is -4.37. The molecular formula is C34H40N2O7. The molecule has 0 aliphatic carbocycles. The zero-order chi connectivity index (χ0) is 31.0. The van der Waals surface area contributed by atoms with Crippen LogP contribution in [0.2, 0.25) is 0 Å². The number of carbonyl (C=O) groups is 1. The Morgan fingerprint density at radius 1 is 0.791 bits per heavy atom. The molecule has 9 nitrogen and oxygen atoms in total. The smallest absolute Gasteiger partial charge is 0.244 e. The molecule has 9 heteroatoms. The van der Waals surface area contributed by atoms with Crippen LogP contribution < -0.4 is 28.4 Å². The number of ether oxygens (including phenoxy) is 6. The van der Waals surface area contributed by atoms with Gasteiger partial charge < -0.3 is 33.3 Å². The Kier molecular flexibility index (Phi) is 8.46. The van der Waals surface area contributed by atoms with Crippen LogP contribution in [0.3, 0.4) is 0 Å². The third-order valence-corrected chi connectivity index (χ3v) is 8.63. The summed E-state index contributed by atoms with van der Waals surface area (Å²) < 4.78 is 35.2. The summed E-state index contributed by atoms with van der Waals surface area (Å²) in [6, 6.07) is 11.1. The first-order valence-corrected chi connectivity index (χ1v) is 14.2. The first-order valence-electron chi connectivity index (χ1n) is 14.2. The maximum Gasteiger partial charge on any atom is 0.244 e. The second kappa shape index (κ2) is 12.1. The third kappa shape index (κ3) is 4.81. The van der Waals surface area contributed by atoms with Gasteiger partial charge in [-0.05, 0) is 38.6 Å². The van der Waals surface area contributed by atoms with E-state index in [4.69, 9.17) is 28.4 Å². The highest BCUT2D eigenvalue weighted by molar-refractivity contribution is 5.89. The van der Waals surface area contributed by atoms with Crippen LogP contribution in [-0.4, -0.2) is 71.5 Å². The highest BCUT2D eigenvalue weighted by atomic mass is 16.5. The highest BCUT2D eigenvalue weighted by Crippen LogP contribution is 2.55. The fourth-order valence-electron chi connectivity index (χ4n) is 6.70. The number of hydrogen-bond acceptors (Lipinski definition) is 8. The van der Waals surface area contributed by atoms with Crippen molar-refractivity contribution in [3.8, 4) is 34.5 Å². The number of hydrogen-bond donors (Lipinski definition) is 0. The molecule has 3 aromatic carbocycles. The van der Waals surface area contributed by atoms with Gasteiger partial charge in [-0.2, -0.15) is 0 Å². The van der Waals surface area contributed by atoms with Crippen molar-refractivity contribution in [2.24, 2.45) is 0 Å². The molecule has 228 valence electrons. The van der Waals surface area contributed by atoms with E-state index in [0.29, 0.717) is 47.5 Å². The van der Waals surface area contributed by atoms with Crippen molar-refractivity contribution in [3.63, 3.8) is 0 Å². The lowest BCUT2D eigenvalue weighted by molar-refractivity contribution is -0.141. The lowest BCUT2D eigenvalue weighted by atomic mass is 9.80. The highest BCUT2D eigenvalue weighted by Gasteiger charge is 2.50. The standard InChI is InChI=1S/C34H40N2O7/c1-19-29(39-5)22(16-26(38-4)31(19)41-7)15-24-28-27-23(30(40-6)20(2)32(42-8)33(27)43-9)17-25(35(28)3)34(37)36(24)18-21-13-11-10-12-14-21/h10-16,25,28H,17-18H2,1-9H3/b24-15-. The third-order valence-electron chi connectivity index (χ3n) is 8.63. The van der Waals surface area contributed by atoms with Gasteiger partial charge in [0.1, 0.15) is 11.5 Å². The van der Waals surface area contributed by atoms with Gasteiger partial charge in [-0.3, -0.25) is 9.69 Å². The number of fused-ring (bicyclic) bond motifs is 4. The van der Waals surface area contributed by atoms with Crippen LogP contribution in [0.5, 0.6) is 34.5 Å². The van der Waals surface area contributed by atoms with Gasteiger partial charge >= 0.3 is 0 Å². The maximum atomic E-state index is 14.4. The molecule has 0 saturated carbocycles. The summed E-state index contributed by atoms with van der Waals surface area (Å²) in [6.07, 6.45) is 2.49. The summed E-state index contributed by atoms with van der Waals surface area (Å²) in [5, 5.41) is 0. The van der Waals surface area contributed by atoms with E-state index < -0.39 is 6.04 Å². The number of nitrogens with zero attached hydrogens (tertiary/aromatic N) is 2. The fraction of sp³-hybridized carbons (Fsp3) is 0.382. The minimum absolute atomic E-state index is 0.00478. The van der Waals surface area contributed by atoms with Gasteiger partial charge in [0.2, 0.25) is 5.91 Å². The van der Waals surface area contributed by atoms with Crippen LogP contribution in [-0.2, 0) is 17.8 Å².